The van der Waals surface area contributed by atoms with Gasteiger partial charge in [0.2, 0.25) is 17.7 Å². The van der Waals surface area contributed by atoms with Crippen LogP contribution in [-0.4, -0.2) is 48.1 Å². The molecule has 3 aromatic rings. The summed E-state index contributed by atoms with van der Waals surface area (Å²) in [4.78, 5) is 24.1. The van der Waals surface area contributed by atoms with E-state index in [0.717, 1.165) is 12.1 Å². The van der Waals surface area contributed by atoms with E-state index in [2.05, 4.69) is 15.3 Å². The summed E-state index contributed by atoms with van der Waals surface area (Å²) in [5, 5.41) is 2.99. The molecular formula is C27H28F4N4O3. The molecule has 7 nitrogen and oxygen atoms in total. The number of amides is 1. The quantitative estimate of drug-likeness (QED) is 0.422. The Balaban J connectivity index is 1.45. The molecule has 2 heterocycles. The van der Waals surface area contributed by atoms with E-state index in [1.165, 1.54) is 38.5 Å². The van der Waals surface area contributed by atoms with Crippen molar-refractivity contribution in [1.82, 2.24) is 20.2 Å². The number of halogens is 4. The summed E-state index contributed by atoms with van der Waals surface area (Å²) in [7, 11) is 2.90. The number of ether oxygens (including phenoxy) is 2. The summed E-state index contributed by atoms with van der Waals surface area (Å²) < 4.78 is 63.2. The average Bonchev–Trinajstić information content (AvgIpc) is 2.92. The Morgan fingerprint density at radius 2 is 1.66 bits per heavy atom. The molecule has 0 bridgehead atoms. The Morgan fingerprint density at radius 3 is 2.24 bits per heavy atom. The van der Waals surface area contributed by atoms with Crippen molar-refractivity contribution in [2.45, 2.75) is 31.6 Å². The maximum absolute atomic E-state index is 13.6. The molecule has 0 spiro atoms. The topological polar surface area (TPSA) is 76.6 Å². The zero-order valence-corrected chi connectivity index (χ0v) is 21.0. The number of carbonyl (C=O) groups is 1. The van der Waals surface area contributed by atoms with Gasteiger partial charge >= 0.3 is 6.18 Å². The summed E-state index contributed by atoms with van der Waals surface area (Å²) >= 11 is 0. The van der Waals surface area contributed by atoms with E-state index < -0.39 is 23.6 Å². The predicted molar refractivity (Wildman–Crippen MR) is 131 cm³/mol. The minimum absolute atomic E-state index is 0.219. The second kappa shape index (κ2) is 11.8. The van der Waals surface area contributed by atoms with Crippen LogP contribution in [0.3, 0.4) is 0 Å². The maximum atomic E-state index is 13.6. The fourth-order valence-corrected chi connectivity index (χ4v) is 4.43. The van der Waals surface area contributed by atoms with Crippen LogP contribution >= 0.6 is 0 Å². The molecular weight excluding hydrogens is 504 g/mol. The molecule has 1 unspecified atom stereocenters. The summed E-state index contributed by atoms with van der Waals surface area (Å²) in [5.74, 6) is -0.238. The average molecular weight is 533 g/mol. The Labute approximate surface area is 217 Å². The number of nitrogens with one attached hydrogen (secondary N) is 1. The molecule has 4 rings (SSSR count). The van der Waals surface area contributed by atoms with Crippen molar-refractivity contribution in [3.8, 4) is 11.8 Å². The highest BCUT2D eigenvalue weighted by Gasteiger charge is 2.31. The lowest BCUT2D eigenvalue weighted by Crippen LogP contribution is -2.41. The number of piperidine rings is 1. The van der Waals surface area contributed by atoms with E-state index in [4.69, 9.17) is 9.47 Å². The highest BCUT2D eigenvalue weighted by molar-refractivity contribution is 5.79. The summed E-state index contributed by atoms with van der Waals surface area (Å²) in [6.45, 7) is 1.48. The fraction of sp³-hybridized carbons (Fsp3) is 0.370. The van der Waals surface area contributed by atoms with Crippen molar-refractivity contribution in [3.05, 3.63) is 82.9 Å². The number of hydrogen-bond acceptors (Lipinski definition) is 6. The zero-order chi connectivity index (χ0) is 27.3. The molecule has 0 aliphatic carbocycles. The lowest BCUT2D eigenvalue weighted by atomic mass is 9.94. The second-order valence-corrected chi connectivity index (χ2v) is 9.05. The summed E-state index contributed by atoms with van der Waals surface area (Å²) in [5.41, 5.74) is 0.479. The minimum atomic E-state index is -4.39. The van der Waals surface area contributed by atoms with Crippen LogP contribution in [0.15, 0.2) is 54.6 Å². The number of carbonyl (C=O) groups excluding carboxylic acids is 1. The third-order valence-corrected chi connectivity index (χ3v) is 6.48. The SMILES string of the molecule is COc1cc(OC)nc(C(NC(=O)C2CCN(Cc3cccc(C(F)(F)F)c3)CC2)c2ccc(F)cc2)n1. The van der Waals surface area contributed by atoms with Gasteiger partial charge in [-0.15, -0.1) is 0 Å². The van der Waals surface area contributed by atoms with Crippen LogP contribution in [0.25, 0.3) is 0 Å². The lowest BCUT2D eigenvalue weighted by molar-refractivity contribution is -0.137. The third-order valence-electron chi connectivity index (χ3n) is 6.48. The van der Waals surface area contributed by atoms with Crippen molar-refractivity contribution in [2.75, 3.05) is 27.3 Å². The lowest BCUT2D eigenvalue weighted by Gasteiger charge is -2.32. The molecule has 2 aromatic carbocycles. The van der Waals surface area contributed by atoms with Crippen LogP contribution in [0, 0.1) is 11.7 Å². The first kappa shape index (κ1) is 27.3. The van der Waals surface area contributed by atoms with Gasteiger partial charge < -0.3 is 14.8 Å². The number of nitrogens with zero attached hydrogens (tertiary/aromatic N) is 3. The van der Waals surface area contributed by atoms with Crippen LogP contribution in [0.2, 0.25) is 0 Å². The standard InChI is InChI=1S/C27H28F4N4O3/c1-37-22-15-23(38-2)33-25(32-22)24(18-6-8-21(28)9-7-18)34-26(36)19-10-12-35(13-11-19)16-17-4-3-5-20(14-17)27(29,30)31/h3-9,14-15,19,24H,10-13,16H2,1-2H3,(H,34,36). The van der Waals surface area contributed by atoms with Gasteiger partial charge in [0, 0.05) is 12.5 Å². The molecule has 1 amide bonds. The van der Waals surface area contributed by atoms with E-state index in [1.807, 2.05) is 4.90 Å². The summed E-state index contributed by atoms with van der Waals surface area (Å²) in [6, 6.07) is 11.7. The van der Waals surface area contributed by atoms with Crippen molar-refractivity contribution in [1.29, 1.82) is 0 Å². The smallest absolute Gasteiger partial charge is 0.416 e. The number of hydrogen-bond donors (Lipinski definition) is 1. The number of benzene rings is 2. The van der Waals surface area contributed by atoms with Gasteiger partial charge in [0.1, 0.15) is 11.9 Å². The van der Waals surface area contributed by atoms with Crippen molar-refractivity contribution in [3.63, 3.8) is 0 Å². The Morgan fingerprint density at radius 1 is 1.03 bits per heavy atom. The normalized spacial score (nSPS) is 15.6. The molecule has 0 radical (unpaired) electrons. The fourth-order valence-electron chi connectivity index (χ4n) is 4.43. The highest BCUT2D eigenvalue weighted by atomic mass is 19.4. The number of alkyl halides is 3. The number of aromatic nitrogens is 2. The monoisotopic (exact) mass is 532 g/mol. The molecule has 0 saturated carbocycles. The molecule has 11 heteroatoms. The Hall–Kier alpha value is -3.73. The molecule has 1 atom stereocenters. The minimum Gasteiger partial charge on any atom is -0.481 e. The third kappa shape index (κ3) is 6.77. The van der Waals surface area contributed by atoms with Gasteiger partial charge in [0.15, 0.2) is 5.82 Å². The van der Waals surface area contributed by atoms with E-state index in [9.17, 15) is 22.4 Å². The van der Waals surface area contributed by atoms with E-state index in [1.54, 1.807) is 18.2 Å². The van der Waals surface area contributed by atoms with E-state index >= 15 is 0 Å². The number of likely N-dealkylation sites (tertiary alicyclic amines) is 1. The molecule has 1 aliphatic rings. The van der Waals surface area contributed by atoms with Crippen LogP contribution < -0.4 is 14.8 Å². The van der Waals surface area contributed by atoms with Gasteiger partial charge in [0.05, 0.1) is 25.8 Å². The van der Waals surface area contributed by atoms with Gasteiger partial charge in [-0.25, -0.2) is 4.39 Å². The zero-order valence-electron chi connectivity index (χ0n) is 21.0. The van der Waals surface area contributed by atoms with Crippen molar-refractivity contribution >= 4 is 5.91 Å². The largest absolute Gasteiger partial charge is 0.481 e. The molecule has 1 aromatic heterocycles. The van der Waals surface area contributed by atoms with Gasteiger partial charge in [-0.2, -0.15) is 23.1 Å². The molecule has 1 fully saturated rings. The number of methoxy groups -OCH3 is 2. The molecule has 1 saturated heterocycles. The highest BCUT2D eigenvalue weighted by Crippen LogP contribution is 2.30. The first-order valence-electron chi connectivity index (χ1n) is 12.1. The van der Waals surface area contributed by atoms with Crippen LogP contribution in [0.4, 0.5) is 17.6 Å². The first-order chi connectivity index (χ1) is 18.2. The first-order valence-corrected chi connectivity index (χ1v) is 12.1. The maximum Gasteiger partial charge on any atom is 0.416 e. The molecule has 1 N–H and O–H groups in total. The van der Waals surface area contributed by atoms with E-state index in [0.29, 0.717) is 43.6 Å². The molecule has 202 valence electrons. The molecule has 1 aliphatic heterocycles. The van der Waals surface area contributed by atoms with E-state index in [-0.39, 0.29) is 29.4 Å². The van der Waals surface area contributed by atoms with Crippen molar-refractivity contribution in [2.24, 2.45) is 5.92 Å². The Kier molecular flexibility index (Phi) is 8.45. The van der Waals surface area contributed by atoms with Crippen LogP contribution in [0.5, 0.6) is 11.8 Å². The van der Waals surface area contributed by atoms with Crippen molar-refractivity contribution < 1.29 is 31.8 Å². The van der Waals surface area contributed by atoms with Gasteiger partial charge in [-0.3, -0.25) is 9.69 Å². The van der Waals surface area contributed by atoms with Crippen LogP contribution in [0.1, 0.15) is 41.4 Å². The second-order valence-electron chi connectivity index (χ2n) is 9.05. The predicted octanol–water partition coefficient (Wildman–Crippen LogP) is 4.77. The van der Waals surface area contributed by atoms with Crippen LogP contribution in [-0.2, 0) is 17.5 Å². The summed E-state index contributed by atoms with van der Waals surface area (Å²) in [6.07, 6.45) is -3.33. The Bertz CT molecular complexity index is 1220. The van der Waals surface area contributed by atoms with Gasteiger partial charge in [-0.1, -0.05) is 30.3 Å². The van der Waals surface area contributed by atoms with Gasteiger partial charge in [-0.05, 0) is 55.3 Å². The molecule has 38 heavy (non-hydrogen) atoms. The number of rotatable bonds is 8. The van der Waals surface area contributed by atoms with Gasteiger partial charge in [0.25, 0.3) is 0 Å².